The van der Waals surface area contributed by atoms with E-state index in [0.29, 0.717) is 12.5 Å². The molecule has 0 bridgehead atoms. The molecule has 0 spiro atoms. The second-order valence-corrected chi connectivity index (χ2v) is 7.45. The molecule has 2 heterocycles. The number of piperidine rings is 1. The molecule has 1 atom stereocenters. The highest BCUT2D eigenvalue weighted by atomic mass is 127. The van der Waals surface area contributed by atoms with Crippen LogP contribution in [0.4, 0.5) is 0 Å². The van der Waals surface area contributed by atoms with Crippen molar-refractivity contribution in [1.82, 2.24) is 15.2 Å². The molecule has 0 amide bonds. The van der Waals surface area contributed by atoms with E-state index in [1.807, 2.05) is 24.4 Å². The first kappa shape index (κ1) is 22.6. The zero-order chi connectivity index (χ0) is 18.9. The smallest absolute Gasteiger partial charge is 0.188 e. The minimum atomic E-state index is 0. The Kier molecular flexibility index (Phi) is 9.70. The van der Waals surface area contributed by atoms with Gasteiger partial charge in [-0.15, -0.1) is 24.0 Å². The van der Waals surface area contributed by atoms with Crippen LogP contribution in [-0.4, -0.2) is 35.5 Å². The van der Waals surface area contributed by atoms with Crippen molar-refractivity contribution in [3.05, 3.63) is 65.5 Å². The highest BCUT2D eigenvalue weighted by Gasteiger charge is 2.17. The lowest BCUT2D eigenvalue weighted by Crippen LogP contribution is -2.34. The van der Waals surface area contributed by atoms with E-state index in [1.54, 1.807) is 0 Å². The van der Waals surface area contributed by atoms with Crippen molar-refractivity contribution in [3.63, 3.8) is 0 Å². The van der Waals surface area contributed by atoms with E-state index in [-0.39, 0.29) is 24.0 Å². The Morgan fingerprint density at radius 2 is 2.00 bits per heavy atom. The number of nitrogens with one attached hydrogen (secondary N) is 1. The maximum absolute atomic E-state index is 6.05. The molecule has 1 unspecified atom stereocenters. The molecule has 5 nitrogen and oxygen atoms in total. The Hall–Kier alpha value is -1.67. The van der Waals surface area contributed by atoms with Gasteiger partial charge in [-0.3, -0.25) is 9.88 Å². The van der Waals surface area contributed by atoms with Crippen molar-refractivity contribution < 1.29 is 0 Å². The van der Waals surface area contributed by atoms with E-state index in [2.05, 4.69) is 51.4 Å². The Balaban J connectivity index is 0.00000280. The van der Waals surface area contributed by atoms with Crippen molar-refractivity contribution in [2.45, 2.75) is 39.3 Å². The van der Waals surface area contributed by atoms with E-state index in [4.69, 9.17) is 5.73 Å². The topological polar surface area (TPSA) is 66.5 Å². The second-order valence-electron chi connectivity index (χ2n) is 7.45. The summed E-state index contributed by atoms with van der Waals surface area (Å²) in [5.41, 5.74) is 9.71. The lowest BCUT2D eigenvalue weighted by atomic mass is 9.99. The SMILES string of the molecule is CC1CCCN(Cc2ccccc2CN=C(N)NCCc2ccccn2)C1.I. The standard InChI is InChI=1S/C22H31N5.HI/c1-18-7-6-14-27(16-18)17-20-9-3-2-8-19(20)15-26-22(23)25-13-11-21-10-4-5-12-24-21;/h2-5,8-10,12,18H,6-7,11,13-17H2,1H3,(H3,23,25,26);1H. The molecule has 0 aliphatic carbocycles. The number of rotatable bonds is 7. The van der Waals surface area contributed by atoms with Gasteiger partial charge in [-0.05, 0) is 48.6 Å². The number of benzene rings is 1. The molecule has 1 aromatic carbocycles. The third-order valence-corrected chi connectivity index (χ3v) is 5.09. The lowest BCUT2D eigenvalue weighted by Gasteiger charge is -2.31. The molecule has 1 aliphatic heterocycles. The Morgan fingerprint density at radius 3 is 2.75 bits per heavy atom. The Morgan fingerprint density at radius 1 is 1.21 bits per heavy atom. The quantitative estimate of drug-likeness (QED) is 0.352. The fraction of sp³-hybridized carbons (Fsp3) is 0.455. The molecular formula is C22H32IN5. The summed E-state index contributed by atoms with van der Waals surface area (Å²) in [5.74, 6) is 1.29. The largest absolute Gasteiger partial charge is 0.370 e. The van der Waals surface area contributed by atoms with Crippen LogP contribution in [-0.2, 0) is 19.5 Å². The summed E-state index contributed by atoms with van der Waals surface area (Å²) >= 11 is 0. The first-order chi connectivity index (χ1) is 13.2. The molecule has 3 rings (SSSR count). The third-order valence-electron chi connectivity index (χ3n) is 5.09. The number of hydrogen-bond acceptors (Lipinski definition) is 3. The molecule has 0 saturated carbocycles. The molecule has 152 valence electrons. The average Bonchev–Trinajstić information content (AvgIpc) is 2.68. The van der Waals surface area contributed by atoms with Crippen LogP contribution >= 0.6 is 24.0 Å². The molecule has 2 aromatic rings. The van der Waals surface area contributed by atoms with Gasteiger partial charge >= 0.3 is 0 Å². The average molecular weight is 493 g/mol. The molecule has 1 saturated heterocycles. The summed E-state index contributed by atoms with van der Waals surface area (Å²) in [5, 5.41) is 3.19. The Bertz CT molecular complexity index is 735. The van der Waals surface area contributed by atoms with Crippen LogP contribution < -0.4 is 11.1 Å². The summed E-state index contributed by atoms with van der Waals surface area (Å²) < 4.78 is 0. The summed E-state index contributed by atoms with van der Waals surface area (Å²) in [4.78, 5) is 11.4. The maximum Gasteiger partial charge on any atom is 0.188 e. The molecule has 0 radical (unpaired) electrons. The number of hydrogen-bond donors (Lipinski definition) is 2. The van der Waals surface area contributed by atoms with Gasteiger partial charge in [0.1, 0.15) is 0 Å². The number of nitrogens with two attached hydrogens (primary N) is 1. The number of pyridine rings is 1. The first-order valence-corrected chi connectivity index (χ1v) is 9.93. The zero-order valence-electron chi connectivity index (χ0n) is 16.7. The van der Waals surface area contributed by atoms with Gasteiger partial charge in [0.15, 0.2) is 5.96 Å². The monoisotopic (exact) mass is 493 g/mol. The van der Waals surface area contributed by atoms with Crippen LogP contribution in [0.25, 0.3) is 0 Å². The molecule has 1 aromatic heterocycles. The van der Waals surface area contributed by atoms with Gasteiger partial charge in [-0.2, -0.15) is 0 Å². The van der Waals surface area contributed by atoms with Crippen molar-refractivity contribution >= 4 is 29.9 Å². The Labute approximate surface area is 185 Å². The number of likely N-dealkylation sites (tertiary alicyclic amines) is 1. The molecular weight excluding hydrogens is 461 g/mol. The third kappa shape index (κ3) is 7.39. The van der Waals surface area contributed by atoms with Crippen LogP contribution in [0.5, 0.6) is 0 Å². The number of nitrogens with zero attached hydrogens (tertiary/aromatic N) is 3. The van der Waals surface area contributed by atoms with Crippen LogP contribution in [0.3, 0.4) is 0 Å². The number of aliphatic imine (C=N–C) groups is 1. The normalized spacial score (nSPS) is 17.8. The number of halogens is 1. The van der Waals surface area contributed by atoms with Gasteiger partial charge in [0.05, 0.1) is 6.54 Å². The van der Waals surface area contributed by atoms with E-state index in [9.17, 15) is 0 Å². The van der Waals surface area contributed by atoms with Crippen LogP contribution in [0, 0.1) is 5.92 Å². The van der Waals surface area contributed by atoms with Crippen molar-refractivity contribution in [2.75, 3.05) is 19.6 Å². The highest BCUT2D eigenvalue weighted by molar-refractivity contribution is 14.0. The van der Waals surface area contributed by atoms with Crippen LogP contribution in [0.1, 0.15) is 36.6 Å². The van der Waals surface area contributed by atoms with Gasteiger partial charge in [0.2, 0.25) is 0 Å². The molecule has 1 aliphatic rings. The van der Waals surface area contributed by atoms with E-state index in [1.165, 1.54) is 37.1 Å². The minimum absolute atomic E-state index is 0. The maximum atomic E-state index is 6.05. The predicted molar refractivity (Wildman–Crippen MR) is 127 cm³/mol. The number of guanidine groups is 1. The van der Waals surface area contributed by atoms with Crippen molar-refractivity contribution in [2.24, 2.45) is 16.6 Å². The van der Waals surface area contributed by atoms with E-state index in [0.717, 1.165) is 31.1 Å². The van der Waals surface area contributed by atoms with Gasteiger partial charge in [0, 0.05) is 37.9 Å². The summed E-state index contributed by atoms with van der Waals surface area (Å²) in [6.07, 6.45) is 5.30. The van der Waals surface area contributed by atoms with Crippen LogP contribution in [0.2, 0.25) is 0 Å². The van der Waals surface area contributed by atoms with Crippen molar-refractivity contribution in [1.29, 1.82) is 0 Å². The fourth-order valence-corrected chi connectivity index (χ4v) is 3.63. The van der Waals surface area contributed by atoms with Gasteiger partial charge < -0.3 is 11.1 Å². The fourth-order valence-electron chi connectivity index (χ4n) is 3.63. The van der Waals surface area contributed by atoms with E-state index < -0.39 is 0 Å². The van der Waals surface area contributed by atoms with E-state index >= 15 is 0 Å². The van der Waals surface area contributed by atoms with Gasteiger partial charge in [-0.1, -0.05) is 37.3 Å². The second kappa shape index (κ2) is 12.0. The van der Waals surface area contributed by atoms with Gasteiger partial charge in [0.25, 0.3) is 0 Å². The van der Waals surface area contributed by atoms with Crippen LogP contribution in [0.15, 0.2) is 53.7 Å². The molecule has 1 fully saturated rings. The van der Waals surface area contributed by atoms with Crippen molar-refractivity contribution in [3.8, 4) is 0 Å². The first-order valence-electron chi connectivity index (χ1n) is 9.93. The summed E-state index contributed by atoms with van der Waals surface area (Å²) in [6, 6.07) is 14.5. The predicted octanol–water partition coefficient (Wildman–Crippen LogP) is 3.58. The van der Waals surface area contributed by atoms with Gasteiger partial charge in [-0.25, -0.2) is 4.99 Å². The highest BCUT2D eigenvalue weighted by Crippen LogP contribution is 2.19. The zero-order valence-corrected chi connectivity index (χ0v) is 19.0. The minimum Gasteiger partial charge on any atom is -0.370 e. The summed E-state index contributed by atoms with van der Waals surface area (Å²) in [7, 11) is 0. The number of aromatic nitrogens is 1. The molecule has 28 heavy (non-hydrogen) atoms. The summed E-state index contributed by atoms with van der Waals surface area (Å²) in [6.45, 7) is 7.08. The molecule has 3 N–H and O–H groups in total. The lowest BCUT2D eigenvalue weighted by molar-refractivity contribution is 0.176. The molecule has 6 heteroatoms.